The van der Waals surface area contributed by atoms with Crippen LogP contribution in [0, 0.1) is 11.7 Å². The number of hydrogen-bond acceptors (Lipinski definition) is 7. The molecule has 0 aromatic carbocycles. The number of nitrogens with one attached hydrogen (secondary N) is 3. The lowest BCUT2D eigenvalue weighted by atomic mass is 9.97. The lowest BCUT2D eigenvalue weighted by Crippen LogP contribution is -2.44. The van der Waals surface area contributed by atoms with E-state index in [0.717, 1.165) is 43.2 Å². The molecule has 168 valence electrons. The number of anilines is 3. The van der Waals surface area contributed by atoms with E-state index in [1.54, 1.807) is 24.1 Å². The highest BCUT2D eigenvalue weighted by Crippen LogP contribution is 2.29. The molecular formula is C21H24FN7O2S. The Morgan fingerprint density at radius 2 is 2.09 bits per heavy atom. The Hall–Kier alpha value is -3.34. The van der Waals surface area contributed by atoms with Gasteiger partial charge in [-0.1, -0.05) is 37.0 Å². The van der Waals surface area contributed by atoms with Crippen LogP contribution in [0.15, 0.2) is 37.1 Å². The average molecular weight is 458 g/mol. The monoisotopic (exact) mass is 457 g/mol. The van der Waals surface area contributed by atoms with E-state index < -0.39 is 17.8 Å². The van der Waals surface area contributed by atoms with Gasteiger partial charge < -0.3 is 16.0 Å². The van der Waals surface area contributed by atoms with Crippen LogP contribution >= 0.6 is 11.3 Å². The molecule has 1 fully saturated rings. The first kappa shape index (κ1) is 21.9. The molecule has 3 aromatic heterocycles. The fourth-order valence-electron chi connectivity index (χ4n) is 3.78. The van der Waals surface area contributed by atoms with E-state index in [2.05, 4.69) is 31.0 Å². The van der Waals surface area contributed by atoms with Gasteiger partial charge in [-0.25, -0.2) is 9.37 Å². The van der Waals surface area contributed by atoms with Gasteiger partial charge in [0.15, 0.2) is 10.9 Å². The summed E-state index contributed by atoms with van der Waals surface area (Å²) in [5.41, 5.74) is 0.795. The number of rotatable bonds is 8. The van der Waals surface area contributed by atoms with Crippen molar-refractivity contribution < 1.29 is 14.0 Å². The average Bonchev–Trinajstić information content (AvgIpc) is 3.52. The van der Waals surface area contributed by atoms with E-state index >= 15 is 0 Å². The van der Waals surface area contributed by atoms with E-state index in [1.165, 1.54) is 18.5 Å². The van der Waals surface area contributed by atoms with Crippen LogP contribution in [0.5, 0.6) is 0 Å². The van der Waals surface area contributed by atoms with Crippen molar-refractivity contribution in [2.45, 2.75) is 38.1 Å². The van der Waals surface area contributed by atoms with Crippen LogP contribution in [0.1, 0.15) is 41.8 Å². The maximum absolute atomic E-state index is 13.8. The van der Waals surface area contributed by atoms with E-state index in [-0.39, 0.29) is 11.6 Å². The highest BCUT2D eigenvalue weighted by atomic mass is 32.1. The zero-order valence-electron chi connectivity index (χ0n) is 17.5. The number of nitrogens with zero attached hydrogens (tertiary/aromatic N) is 4. The summed E-state index contributed by atoms with van der Waals surface area (Å²) in [6.45, 7) is 0. The molecule has 1 aliphatic carbocycles. The van der Waals surface area contributed by atoms with Crippen LogP contribution in [0.2, 0.25) is 0 Å². The highest BCUT2D eigenvalue weighted by molar-refractivity contribution is 7.17. The molecule has 3 aromatic rings. The van der Waals surface area contributed by atoms with Gasteiger partial charge in [0.05, 0.1) is 30.0 Å². The quantitative estimate of drug-likeness (QED) is 0.477. The molecule has 2 amide bonds. The minimum Gasteiger partial charge on any atom is -0.339 e. The van der Waals surface area contributed by atoms with E-state index in [0.29, 0.717) is 28.0 Å². The van der Waals surface area contributed by atoms with Gasteiger partial charge in [0.1, 0.15) is 10.9 Å². The predicted molar refractivity (Wildman–Crippen MR) is 119 cm³/mol. The molecule has 1 atom stereocenters. The Labute approximate surface area is 188 Å². The van der Waals surface area contributed by atoms with Crippen molar-refractivity contribution in [2.75, 3.05) is 10.6 Å². The van der Waals surface area contributed by atoms with Gasteiger partial charge in [0.25, 0.3) is 5.91 Å². The Morgan fingerprint density at radius 3 is 2.81 bits per heavy atom. The van der Waals surface area contributed by atoms with Crippen molar-refractivity contribution in [3.8, 4) is 0 Å². The topological polar surface area (TPSA) is 114 Å². The van der Waals surface area contributed by atoms with Crippen molar-refractivity contribution in [2.24, 2.45) is 13.0 Å². The molecule has 0 bridgehead atoms. The Kier molecular flexibility index (Phi) is 6.74. The minimum absolute atomic E-state index is 0.219. The van der Waals surface area contributed by atoms with E-state index in [4.69, 9.17) is 0 Å². The number of thiazole rings is 1. The van der Waals surface area contributed by atoms with E-state index in [9.17, 15) is 14.0 Å². The molecule has 9 nitrogen and oxygen atoms in total. The summed E-state index contributed by atoms with van der Waals surface area (Å²) in [5.74, 6) is -0.791. The number of pyridine rings is 1. The molecule has 0 unspecified atom stereocenters. The Morgan fingerprint density at radius 1 is 1.28 bits per heavy atom. The number of amides is 2. The van der Waals surface area contributed by atoms with Crippen LogP contribution in [0.3, 0.4) is 0 Å². The summed E-state index contributed by atoms with van der Waals surface area (Å²) in [7, 11) is 1.76. The molecule has 4 rings (SSSR count). The normalized spacial score (nSPS) is 14.8. The van der Waals surface area contributed by atoms with E-state index in [1.807, 2.05) is 0 Å². The van der Waals surface area contributed by atoms with Crippen molar-refractivity contribution >= 4 is 39.7 Å². The molecule has 0 aliphatic heterocycles. The van der Waals surface area contributed by atoms with Crippen LogP contribution in [0.4, 0.5) is 20.9 Å². The number of aromatic nitrogens is 4. The van der Waals surface area contributed by atoms with Gasteiger partial charge in [-0.05, 0) is 18.4 Å². The van der Waals surface area contributed by atoms with Gasteiger partial charge in [0.2, 0.25) is 5.91 Å². The lowest BCUT2D eigenvalue weighted by Gasteiger charge is -2.20. The zero-order valence-corrected chi connectivity index (χ0v) is 18.4. The van der Waals surface area contributed by atoms with Gasteiger partial charge in [-0.3, -0.25) is 19.3 Å². The molecule has 1 saturated carbocycles. The van der Waals surface area contributed by atoms with Crippen molar-refractivity contribution in [1.29, 1.82) is 0 Å². The van der Waals surface area contributed by atoms with Crippen molar-refractivity contribution in [1.82, 2.24) is 25.1 Å². The molecule has 3 heterocycles. The zero-order chi connectivity index (χ0) is 22.5. The molecule has 0 spiro atoms. The third kappa shape index (κ3) is 5.47. The predicted octanol–water partition coefficient (Wildman–Crippen LogP) is 3.47. The van der Waals surface area contributed by atoms with Crippen molar-refractivity contribution in [3.63, 3.8) is 0 Å². The van der Waals surface area contributed by atoms with Crippen molar-refractivity contribution in [3.05, 3.63) is 47.7 Å². The second kappa shape index (κ2) is 9.86. The maximum atomic E-state index is 13.8. The maximum Gasteiger partial charge on any atom is 0.263 e. The van der Waals surface area contributed by atoms with Gasteiger partial charge in [0, 0.05) is 19.4 Å². The number of carbonyl (C=O) groups is 2. The lowest BCUT2D eigenvalue weighted by molar-refractivity contribution is -0.118. The summed E-state index contributed by atoms with van der Waals surface area (Å²) < 4.78 is 15.4. The second-order valence-electron chi connectivity index (χ2n) is 7.81. The molecule has 3 N–H and O–H groups in total. The molecule has 32 heavy (non-hydrogen) atoms. The molecule has 11 heteroatoms. The number of hydrogen-bond donors (Lipinski definition) is 3. The first-order valence-corrected chi connectivity index (χ1v) is 11.2. The van der Waals surface area contributed by atoms with Gasteiger partial charge >= 0.3 is 0 Å². The van der Waals surface area contributed by atoms with Crippen LogP contribution in [-0.4, -0.2) is 37.6 Å². The Bertz CT molecular complexity index is 1090. The fraction of sp³-hybridized carbons (Fsp3) is 0.381. The SMILES string of the molecule is Cn1cc(NC(=O)[C@H](CC2CCCC2)NC(=O)c2cnc(Nc3ccncc3F)s2)cn1. The highest BCUT2D eigenvalue weighted by Gasteiger charge is 2.28. The van der Waals surface area contributed by atoms with Crippen LogP contribution < -0.4 is 16.0 Å². The van der Waals surface area contributed by atoms with Crippen LogP contribution in [-0.2, 0) is 11.8 Å². The molecule has 0 radical (unpaired) electrons. The van der Waals surface area contributed by atoms with Crippen LogP contribution in [0.25, 0.3) is 0 Å². The minimum atomic E-state index is -0.679. The third-order valence-electron chi connectivity index (χ3n) is 5.38. The molecule has 1 aliphatic rings. The summed E-state index contributed by atoms with van der Waals surface area (Å²) in [4.78, 5) is 34.0. The number of carbonyl (C=O) groups excluding carboxylic acids is 2. The summed E-state index contributed by atoms with van der Waals surface area (Å²) in [6, 6.07) is 0.804. The molecule has 0 saturated heterocycles. The third-order valence-corrected chi connectivity index (χ3v) is 6.29. The number of aryl methyl sites for hydroxylation is 1. The Balaban J connectivity index is 1.43. The standard InChI is InChI=1S/C21H24FN7O2S/c1-29-12-14(9-25-29)26-19(30)17(8-13-4-2-3-5-13)27-20(31)18-11-24-21(32-18)28-16-6-7-23-10-15(16)22/h6-7,9-13,17H,2-5,8H2,1H3,(H,26,30)(H,27,31)(H,23,24,28)/t17-/m0/s1. The first-order valence-electron chi connectivity index (χ1n) is 10.4. The first-order chi connectivity index (χ1) is 15.5. The largest absolute Gasteiger partial charge is 0.339 e. The summed E-state index contributed by atoms with van der Waals surface area (Å²) in [5, 5.41) is 12.9. The fourth-order valence-corrected chi connectivity index (χ4v) is 4.52. The second-order valence-corrected chi connectivity index (χ2v) is 8.84. The summed E-state index contributed by atoms with van der Waals surface area (Å²) >= 11 is 1.08. The smallest absolute Gasteiger partial charge is 0.263 e. The number of halogens is 1. The van der Waals surface area contributed by atoms with Gasteiger partial charge in [-0.15, -0.1) is 0 Å². The molecular weight excluding hydrogens is 433 g/mol. The van der Waals surface area contributed by atoms with Gasteiger partial charge in [-0.2, -0.15) is 5.10 Å². The summed E-state index contributed by atoms with van der Waals surface area (Å²) in [6.07, 6.45) is 12.2.